The van der Waals surface area contributed by atoms with Crippen molar-refractivity contribution in [1.29, 1.82) is 0 Å². The minimum absolute atomic E-state index is 0.0829. The average Bonchev–Trinajstić information content (AvgIpc) is 2.60. The molecule has 0 unspecified atom stereocenters. The summed E-state index contributed by atoms with van der Waals surface area (Å²) in [6, 6.07) is 10.5. The van der Waals surface area contributed by atoms with Gasteiger partial charge in [0.25, 0.3) is 11.5 Å². The zero-order chi connectivity index (χ0) is 18.0. The van der Waals surface area contributed by atoms with Crippen LogP contribution in [0.5, 0.6) is 0 Å². The van der Waals surface area contributed by atoms with Gasteiger partial charge in [-0.2, -0.15) is 5.10 Å². The highest BCUT2D eigenvalue weighted by molar-refractivity contribution is 6.34. The molecule has 0 radical (unpaired) electrons. The van der Waals surface area contributed by atoms with Crippen molar-refractivity contribution in [3.05, 3.63) is 69.4 Å². The molecule has 128 valence electrons. The second-order valence-electron chi connectivity index (χ2n) is 5.50. The van der Waals surface area contributed by atoms with Crippen LogP contribution >= 0.6 is 11.6 Å². The molecule has 0 saturated heterocycles. The van der Waals surface area contributed by atoms with Gasteiger partial charge < -0.3 is 5.32 Å². The lowest BCUT2D eigenvalue weighted by Crippen LogP contribution is -2.27. The summed E-state index contributed by atoms with van der Waals surface area (Å²) >= 11 is 5.96. The van der Waals surface area contributed by atoms with Gasteiger partial charge in [0.1, 0.15) is 5.82 Å². The quantitative estimate of drug-likeness (QED) is 0.769. The second-order valence-corrected chi connectivity index (χ2v) is 5.91. The third kappa shape index (κ3) is 3.39. The summed E-state index contributed by atoms with van der Waals surface area (Å²) in [5.74, 6) is -1.02. The van der Waals surface area contributed by atoms with Crippen LogP contribution in [-0.4, -0.2) is 15.7 Å². The number of anilines is 1. The van der Waals surface area contributed by atoms with E-state index in [1.807, 2.05) is 6.92 Å². The molecule has 1 amide bonds. The highest BCUT2D eigenvalue weighted by Crippen LogP contribution is 2.23. The Balaban J connectivity index is 2.09. The van der Waals surface area contributed by atoms with Gasteiger partial charge in [0.15, 0.2) is 5.69 Å². The maximum atomic E-state index is 13.2. The Morgan fingerprint density at radius 1 is 1.24 bits per heavy atom. The van der Waals surface area contributed by atoms with Gasteiger partial charge in [-0.05, 0) is 30.7 Å². The van der Waals surface area contributed by atoms with Crippen LogP contribution < -0.4 is 10.9 Å². The van der Waals surface area contributed by atoms with E-state index in [0.717, 1.165) is 6.07 Å². The fourth-order valence-corrected chi connectivity index (χ4v) is 2.75. The number of benzene rings is 2. The van der Waals surface area contributed by atoms with Crippen molar-refractivity contribution in [3.63, 3.8) is 0 Å². The Hall–Kier alpha value is -2.73. The number of aromatic nitrogens is 2. The van der Waals surface area contributed by atoms with Gasteiger partial charge in [-0.1, -0.05) is 36.7 Å². The number of hydrogen-bond donors (Lipinski definition) is 1. The van der Waals surface area contributed by atoms with Crippen LogP contribution in [0, 0.1) is 5.82 Å². The number of nitrogens with zero attached hydrogens (tertiary/aromatic N) is 2. The average molecular weight is 360 g/mol. The first-order chi connectivity index (χ1) is 12.0. The SMILES string of the molecule is CCCn1nc(C(=O)Nc2ccc(F)cc2Cl)c2ccccc2c1=O. The first-order valence-corrected chi connectivity index (χ1v) is 8.15. The van der Waals surface area contributed by atoms with Gasteiger partial charge in [0, 0.05) is 11.9 Å². The molecule has 0 atom stereocenters. The van der Waals surface area contributed by atoms with Crippen molar-refractivity contribution in [2.45, 2.75) is 19.9 Å². The standard InChI is InChI=1S/C18H15ClFN3O2/c1-2-9-23-18(25)13-6-4-3-5-12(13)16(22-23)17(24)21-15-8-7-11(20)10-14(15)19/h3-8,10H,2,9H2,1H3,(H,21,24). The Kier molecular flexibility index (Phi) is 4.81. The molecule has 0 fully saturated rings. The number of hydrogen-bond acceptors (Lipinski definition) is 3. The highest BCUT2D eigenvalue weighted by atomic mass is 35.5. The topological polar surface area (TPSA) is 64.0 Å². The summed E-state index contributed by atoms with van der Waals surface area (Å²) in [6.07, 6.45) is 0.704. The number of fused-ring (bicyclic) bond motifs is 1. The lowest BCUT2D eigenvalue weighted by molar-refractivity contribution is 0.102. The van der Waals surface area contributed by atoms with Crippen LogP contribution in [0.25, 0.3) is 10.8 Å². The number of amides is 1. The van der Waals surface area contributed by atoms with Crippen molar-refractivity contribution in [2.24, 2.45) is 0 Å². The molecule has 3 rings (SSSR count). The molecular formula is C18H15ClFN3O2. The van der Waals surface area contributed by atoms with E-state index in [1.165, 1.54) is 16.8 Å². The first-order valence-electron chi connectivity index (χ1n) is 7.77. The summed E-state index contributed by atoms with van der Waals surface area (Å²) in [7, 11) is 0. The molecule has 0 aliphatic carbocycles. The van der Waals surface area contributed by atoms with E-state index < -0.39 is 11.7 Å². The van der Waals surface area contributed by atoms with Crippen molar-refractivity contribution in [1.82, 2.24) is 9.78 Å². The molecule has 0 bridgehead atoms. The number of aryl methyl sites for hydroxylation is 1. The number of nitrogens with one attached hydrogen (secondary N) is 1. The van der Waals surface area contributed by atoms with Crippen LogP contribution in [0.3, 0.4) is 0 Å². The van der Waals surface area contributed by atoms with Crippen LogP contribution in [0.4, 0.5) is 10.1 Å². The van der Waals surface area contributed by atoms with E-state index in [1.54, 1.807) is 24.3 Å². The Labute approximate surface area is 148 Å². The molecule has 2 aromatic carbocycles. The summed E-state index contributed by atoms with van der Waals surface area (Å²) in [5.41, 5.74) is 0.144. The third-order valence-corrected chi connectivity index (χ3v) is 4.01. The summed E-state index contributed by atoms with van der Waals surface area (Å²) in [5, 5.41) is 7.78. The predicted octanol–water partition coefficient (Wildman–Crippen LogP) is 3.85. The molecule has 3 aromatic rings. The van der Waals surface area contributed by atoms with Gasteiger partial charge in [-0.3, -0.25) is 9.59 Å². The molecule has 7 heteroatoms. The predicted molar refractivity (Wildman–Crippen MR) is 95.7 cm³/mol. The molecular weight excluding hydrogens is 345 g/mol. The molecule has 0 spiro atoms. The Bertz CT molecular complexity index is 1020. The lowest BCUT2D eigenvalue weighted by atomic mass is 10.1. The van der Waals surface area contributed by atoms with Crippen molar-refractivity contribution >= 4 is 34.0 Å². The van der Waals surface area contributed by atoms with Gasteiger partial charge in [-0.25, -0.2) is 9.07 Å². The lowest BCUT2D eigenvalue weighted by Gasteiger charge is -2.11. The number of carbonyl (C=O) groups is 1. The maximum Gasteiger partial charge on any atom is 0.276 e. The zero-order valence-electron chi connectivity index (χ0n) is 13.4. The maximum absolute atomic E-state index is 13.2. The fraction of sp³-hybridized carbons (Fsp3) is 0.167. The molecule has 1 aromatic heterocycles. The molecule has 0 saturated carbocycles. The monoisotopic (exact) mass is 359 g/mol. The smallest absolute Gasteiger partial charge is 0.276 e. The number of rotatable bonds is 4. The largest absolute Gasteiger partial charge is 0.319 e. The van der Waals surface area contributed by atoms with Crippen molar-refractivity contribution in [3.8, 4) is 0 Å². The van der Waals surface area contributed by atoms with E-state index in [2.05, 4.69) is 10.4 Å². The van der Waals surface area contributed by atoms with Crippen LogP contribution in [0.2, 0.25) is 5.02 Å². The fourth-order valence-electron chi connectivity index (χ4n) is 2.54. The van der Waals surface area contributed by atoms with Gasteiger partial charge in [0.2, 0.25) is 0 Å². The molecule has 1 heterocycles. The summed E-state index contributed by atoms with van der Waals surface area (Å²) in [6.45, 7) is 2.32. The van der Waals surface area contributed by atoms with Crippen LogP contribution in [0.15, 0.2) is 47.3 Å². The van der Waals surface area contributed by atoms with Gasteiger partial charge >= 0.3 is 0 Å². The minimum atomic E-state index is -0.519. The highest BCUT2D eigenvalue weighted by Gasteiger charge is 2.17. The van der Waals surface area contributed by atoms with E-state index in [-0.39, 0.29) is 22.0 Å². The van der Waals surface area contributed by atoms with Gasteiger partial charge in [-0.15, -0.1) is 0 Å². The van der Waals surface area contributed by atoms with E-state index in [0.29, 0.717) is 23.7 Å². The van der Waals surface area contributed by atoms with Crippen molar-refractivity contribution in [2.75, 3.05) is 5.32 Å². The van der Waals surface area contributed by atoms with Gasteiger partial charge in [0.05, 0.1) is 16.1 Å². The Morgan fingerprint density at radius 3 is 2.64 bits per heavy atom. The summed E-state index contributed by atoms with van der Waals surface area (Å²) in [4.78, 5) is 25.1. The first kappa shape index (κ1) is 17.1. The van der Waals surface area contributed by atoms with E-state index in [9.17, 15) is 14.0 Å². The Morgan fingerprint density at radius 2 is 1.96 bits per heavy atom. The van der Waals surface area contributed by atoms with E-state index in [4.69, 9.17) is 11.6 Å². The number of halogens is 2. The molecule has 1 N–H and O–H groups in total. The molecule has 0 aliphatic rings. The number of carbonyl (C=O) groups excluding carboxylic acids is 1. The van der Waals surface area contributed by atoms with Crippen LogP contribution in [0.1, 0.15) is 23.8 Å². The van der Waals surface area contributed by atoms with E-state index >= 15 is 0 Å². The molecule has 0 aliphatic heterocycles. The zero-order valence-corrected chi connectivity index (χ0v) is 14.2. The second kappa shape index (κ2) is 7.03. The van der Waals surface area contributed by atoms with Crippen molar-refractivity contribution < 1.29 is 9.18 Å². The third-order valence-electron chi connectivity index (χ3n) is 3.70. The molecule has 25 heavy (non-hydrogen) atoms. The summed E-state index contributed by atoms with van der Waals surface area (Å²) < 4.78 is 14.4. The minimum Gasteiger partial charge on any atom is -0.319 e. The van der Waals surface area contributed by atoms with Crippen LogP contribution in [-0.2, 0) is 6.54 Å². The normalized spacial score (nSPS) is 10.8. The molecule has 5 nitrogen and oxygen atoms in total.